The molecular formula is C57H96O6. The molecule has 1 atom stereocenters. The summed E-state index contributed by atoms with van der Waals surface area (Å²) in [6.45, 7) is 6.44. The molecule has 0 spiro atoms. The molecule has 0 amide bonds. The first-order chi connectivity index (χ1) is 31.0. The lowest BCUT2D eigenvalue weighted by molar-refractivity contribution is -0.167. The first-order valence-electron chi connectivity index (χ1n) is 26.1. The van der Waals surface area contributed by atoms with Crippen molar-refractivity contribution in [3.05, 3.63) is 85.1 Å². The number of esters is 3. The number of allylic oxidation sites excluding steroid dienone is 14. The van der Waals surface area contributed by atoms with Crippen molar-refractivity contribution < 1.29 is 28.6 Å². The second kappa shape index (κ2) is 51.2. The molecule has 0 aliphatic heterocycles. The number of hydrogen-bond acceptors (Lipinski definition) is 6. The standard InChI is InChI=1S/C57H96O6/c1-4-7-10-13-16-19-22-25-27-28-29-31-32-35-38-41-44-47-50-56(59)62-53-54(52-61-55(58)49-46-43-40-37-34-24-21-18-15-12-9-6-3)63-57(60)51-48-45-42-39-36-33-30-26-23-20-17-14-11-8-5-2/h9,12,16,18-23,25,27-29,31,54H,4-8,10-11,13-15,17,24,26,30,32-53H2,1-3H3/b12-9-,19-16-,21-18-,23-20-,25-22-,28-27-,31-29-. The van der Waals surface area contributed by atoms with Gasteiger partial charge in [-0.05, 0) is 96.3 Å². The lowest BCUT2D eigenvalue weighted by atomic mass is 10.1. The molecule has 0 rings (SSSR count). The monoisotopic (exact) mass is 877 g/mol. The van der Waals surface area contributed by atoms with Crippen molar-refractivity contribution in [2.45, 2.75) is 245 Å². The second-order valence-electron chi connectivity index (χ2n) is 17.1. The second-order valence-corrected chi connectivity index (χ2v) is 17.1. The highest BCUT2D eigenvalue weighted by atomic mass is 16.6. The Morgan fingerprint density at radius 2 is 0.683 bits per heavy atom. The summed E-state index contributed by atoms with van der Waals surface area (Å²) in [5.74, 6) is -0.936. The third kappa shape index (κ3) is 49.5. The van der Waals surface area contributed by atoms with E-state index in [1.807, 2.05) is 0 Å². The summed E-state index contributed by atoms with van der Waals surface area (Å²) in [4.78, 5) is 38.0. The van der Waals surface area contributed by atoms with Crippen molar-refractivity contribution in [3.8, 4) is 0 Å². The Morgan fingerprint density at radius 1 is 0.349 bits per heavy atom. The number of unbranched alkanes of at least 4 members (excludes halogenated alkanes) is 24. The van der Waals surface area contributed by atoms with E-state index in [0.717, 1.165) is 116 Å². The third-order valence-electron chi connectivity index (χ3n) is 10.9. The quantitative estimate of drug-likeness (QED) is 0.0199. The number of ether oxygens (including phenoxy) is 3. The Balaban J connectivity index is 4.45. The Kier molecular flexibility index (Phi) is 48.5. The SMILES string of the molecule is CC/C=C\C/C=C\CCCCCCCC(=O)OCC(COC(=O)CCCCCCC\C=C/C=C\C=C/C=C\CCCCC)OC(=O)CCCCCCCCC/C=C\CCCCCC. The molecule has 0 saturated carbocycles. The molecule has 0 heterocycles. The Labute approximate surface area is 388 Å². The van der Waals surface area contributed by atoms with Gasteiger partial charge in [0, 0.05) is 19.3 Å². The first-order valence-corrected chi connectivity index (χ1v) is 26.1. The van der Waals surface area contributed by atoms with Gasteiger partial charge in [-0.15, -0.1) is 0 Å². The van der Waals surface area contributed by atoms with Crippen LogP contribution in [-0.2, 0) is 28.6 Å². The van der Waals surface area contributed by atoms with Crippen LogP contribution in [0.2, 0.25) is 0 Å². The van der Waals surface area contributed by atoms with Gasteiger partial charge in [0.2, 0.25) is 0 Å². The van der Waals surface area contributed by atoms with Crippen LogP contribution in [0.4, 0.5) is 0 Å². The van der Waals surface area contributed by atoms with E-state index in [0.29, 0.717) is 19.3 Å². The minimum atomic E-state index is -0.794. The average Bonchev–Trinajstić information content (AvgIpc) is 3.28. The zero-order valence-electron chi connectivity index (χ0n) is 41.1. The fourth-order valence-electron chi connectivity index (χ4n) is 7.01. The van der Waals surface area contributed by atoms with Gasteiger partial charge in [-0.2, -0.15) is 0 Å². The zero-order chi connectivity index (χ0) is 45.8. The maximum atomic E-state index is 12.8. The summed E-state index contributed by atoms with van der Waals surface area (Å²) < 4.78 is 16.8. The molecule has 1 unspecified atom stereocenters. The number of rotatable bonds is 46. The summed E-state index contributed by atoms with van der Waals surface area (Å²) in [7, 11) is 0. The predicted molar refractivity (Wildman–Crippen MR) is 270 cm³/mol. The van der Waals surface area contributed by atoms with Crippen molar-refractivity contribution in [1.82, 2.24) is 0 Å². The van der Waals surface area contributed by atoms with Crippen LogP contribution in [0.3, 0.4) is 0 Å². The van der Waals surface area contributed by atoms with Crippen LogP contribution < -0.4 is 0 Å². The summed E-state index contributed by atoms with van der Waals surface area (Å²) >= 11 is 0. The van der Waals surface area contributed by atoms with Crippen LogP contribution in [0.25, 0.3) is 0 Å². The summed E-state index contributed by atoms with van der Waals surface area (Å²) in [6, 6.07) is 0. The third-order valence-corrected chi connectivity index (χ3v) is 10.9. The molecule has 0 fully saturated rings. The van der Waals surface area contributed by atoms with Crippen LogP contribution >= 0.6 is 0 Å². The van der Waals surface area contributed by atoms with E-state index < -0.39 is 6.10 Å². The van der Waals surface area contributed by atoms with Crippen LogP contribution in [0, 0.1) is 0 Å². The van der Waals surface area contributed by atoms with E-state index in [4.69, 9.17) is 14.2 Å². The summed E-state index contributed by atoms with van der Waals surface area (Å²) in [6.07, 6.45) is 65.6. The fraction of sp³-hybridized carbons (Fsp3) is 0.702. The fourth-order valence-corrected chi connectivity index (χ4v) is 7.01. The van der Waals surface area contributed by atoms with Crippen molar-refractivity contribution in [3.63, 3.8) is 0 Å². The van der Waals surface area contributed by atoms with E-state index in [1.54, 1.807) is 0 Å². The molecular weight excluding hydrogens is 781 g/mol. The lowest BCUT2D eigenvalue weighted by Crippen LogP contribution is -2.30. The Hall–Kier alpha value is -3.41. The smallest absolute Gasteiger partial charge is 0.306 e. The lowest BCUT2D eigenvalue weighted by Gasteiger charge is -2.18. The van der Waals surface area contributed by atoms with Crippen molar-refractivity contribution in [2.75, 3.05) is 13.2 Å². The van der Waals surface area contributed by atoms with Gasteiger partial charge in [-0.3, -0.25) is 14.4 Å². The molecule has 0 N–H and O–H groups in total. The van der Waals surface area contributed by atoms with Gasteiger partial charge in [0.1, 0.15) is 13.2 Å². The van der Waals surface area contributed by atoms with Gasteiger partial charge in [-0.1, -0.05) is 209 Å². The molecule has 6 heteroatoms. The molecule has 0 radical (unpaired) electrons. The zero-order valence-corrected chi connectivity index (χ0v) is 41.1. The highest BCUT2D eigenvalue weighted by Crippen LogP contribution is 2.14. The average molecular weight is 877 g/mol. The maximum absolute atomic E-state index is 12.8. The molecule has 0 bridgehead atoms. The Morgan fingerprint density at radius 3 is 1.14 bits per heavy atom. The van der Waals surface area contributed by atoms with Crippen molar-refractivity contribution in [1.29, 1.82) is 0 Å². The number of carbonyl (C=O) groups excluding carboxylic acids is 3. The Bertz CT molecular complexity index is 1240. The van der Waals surface area contributed by atoms with E-state index in [-0.39, 0.29) is 31.1 Å². The largest absolute Gasteiger partial charge is 0.462 e. The van der Waals surface area contributed by atoms with E-state index in [2.05, 4.69) is 106 Å². The van der Waals surface area contributed by atoms with Crippen molar-refractivity contribution >= 4 is 17.9 Å². The van der Waals surface area contributed by atoms with Crippen LogP contribution in [0.5, 0.6) is 0 Å². The van der Waals surface area contributed by atoms with Gasteiger partial charge in [-0.25, -0.2) is 0 Å². The molecule has 6 nitrogen and oxygen atoms in total. The van der Waals surface area contributed by atoms with Crippen LogP contribution in [0.1, 0.15) is 239 Å². The molecule has 63 heavy (non-hydrogen) atoms. The molecule has 0 aromatic carbocycles. The number of carbonyl (C=O) groups is 3. The minimum Gasteiger partial charge on any atom is -0.462 e. The van der Waals surface area contributed by atoms with Crippen LogP contribution in [-0.4, -0.2) is 37.2 Å². The van der Waals surface area contributed by atoms with Crippen molar-refractivity contribution in [2.24, 2.45) is 0 Å². The maximum Gasteiger partial charge on any atom is 0.306 e. The first kappa shape index (κ1) is 59.6. The highest BCUT2D eigenvalue weighted by Gasteiger charge is 2.19. The normalized spacial score (nSPS) is 12.7. The van der Waals surface area contributed by atoms with E-state index >= 15 is 0 Å². The number of hydrogen-bond donors (Lipinski definition) is 0. The van der Waals surface area contributed by atoms with Gasteiger partial charge in [0.25, 0.3) is 0 Å². The van der Waals surface area contributed by atoms with Gasteiger partial charge in [0.05, 0.1) is 0 Å². The molecule has 0 aliphatic carbocycles. The molecule has 0 saturated heterocycles. The van der Waals surface area contributed by atoms with Gasteiger partial charge >= 0.3 is 17.9 Å². The van der Waals surface area contributed by atoms with Gasteiger partial charge < -0.3 is 14.2 Å². The molecule has 360 valence electrons. The predicted octanol–water partition coefficient (Wildman–Crippen LogP) is 17.2. The highest BCUT2D eigenvalue weighted by molar-refractivity contribution is 5.71. The molecule has 0 aromatic rings. The van der Waals surface area contributed by atoms with E-state index in [9.17, 15) is 14.4 Å². The van der Waals surface area contributed by atoms with Crippen LogP contribution in [0.15, 0.2) is 85.1 Å². The minimum absolute atomic E-state index is 0.0941. The van der Waals surface area contributed by atoms with Gasteiger partial charge in [0.15, 0.2) is 6.10 Å². The molecule has 0 aromatic heterocycles. The topological polar surface area (TPSA) is 78.9 Å². The van der Waals surface area contributed by atoms with E-state index in [1.165, 1.54) is 83.5 Å². The summed E-state index contributed by atoms with van der Waals surface area (Å²) in [5.41, 5.74) is 0. The summed E-state index contributed by atoms with van der Waals surface area (Å²) in [5, 5.41) is 0. The molecule has 0 aliphatic rings.